The first-order chi connectivity index (χ1) is 15.2. The lowest BCUT2D eigenvalue weighted by Crippen LogP contribution is -2.30. The molecule has 0 aliphatic rings. The van der Waals surface area contributed by atoms with Crippen molar-refractivity contribution in [3.63, 3.8) is 0 Å². The highest BCUT2D eigenvalue weighted by Gasteiger charge is 2.23. The Labute approximate surface area is 190 Å². The quantitative estimate of drug-likeness (QED) is 0.557. The molecule has 170 valence electrons. The number of hydrogen-bond acceptors (Lipinski definition) is 4. The van der Waals surface area contributed by atoms with Crippen molar-refractivity contribution in [2.24, 2.45) is 0 Å². The molecule has 1 aromatic heterocycles. The van der Waals surface area contributed by atoms with Crippen LogP contribution in [0.3, 0.4) is 0 Å². The molecule has 0 spiro atoms. The Morgan fingerprint density at radius 3 is 2.19 bits per heavy atom. The lowest BCUT2D eigenvalue weighted by Gasteiger charge is -2.19. The lowest BCUT2D eigenvalue weighted by atomic mass is 10.1. The second-order valence-electron chi connectivity index (χ2n) is 7.65. The molecule has 0 radical (unpaired) electrons. The van der Waals surface area contributed by atoms with Gasteiger partial charge < -0.3 is 5.32 Å². The first kappa shape index (κ1) is 23.7. The SMILES string of the molecule is CCN(CC)S(=O)(=O)c1ccc(C(C)NC(=O)c2c(C)nn(-c3ccccc3)c2C)cc1. The van der Waals surface area contributed by atoms with Gasteiger partial charge in [0.1, 0.15) is 0 Å². The van der Waals surface area contributed by atoms with E-state index in [1.54, 1.807) is 28.9 Å². The summed E-state index contributed by atoms with van der Waals surface area (Å²) in [5.74, 6) is -0.213. The van der Waals surface area contributed by atoms with Gasteiger partial charge >= 0.3 is 0 Å². The molecule has 1 N–H and O–H groups in total. The van der Waals surface area contributed by atoms with Gasteiger partial charge in [-0.15, -0.1) is 0 Å². The largest absolute Gasteiger partial charge is 0.345 e. The fraction of sp³-hybridized carbons (Fsp3) is 0.333. The number of aromatic nitrogens is 2. The smallest absolute Gasteiger partial charge is 0.255 e. The molecule has 0 saturated carbocycles. The molecule has 1 unspecified atom stereocenters. The van der Waals surface area contributed by atoms with E-state index in [1.165, 1.54) is 4.31 Å². The van der Waals surface area contributed by atoms with E-state index in [2.05, 4.69) is 10.4 Å². The van der Waals surface area contributed by atoms with Crippen LogP contribution in [0, 0.1) is 13.8 Å². The molecule has 32 heavy (non-hydrogen) atoms. The summed E-state index contributed by atoms with van der Waals surface area (Å²) >= 11 is 0. The second kappa shape index (κ2) is 9.67. The first-order valence-electron chi connectivity index (χ1n) is 10.7. The number of carbonyl (C=O) groups excluding carboxylic acids is 1. The van der Waals surface area contributed by atoms with Crippen LogP contribution in [0.15, 0.2) is 59.5 Å². The summed E-state index contributed by atoms with van der Waals surface area (Å²) in [7, 11) is -3.51. The molecular formula is C24H30N4O3S. The van der Waals surface area contributed by atoms with E-state index >= 15 is 0 Å². The molecule has 0 aliphatic heterocycles. The fourth-order valence-electron chi connectivity index (χ4n) is 3.79. The third-order valence-corrected chi connectivity index (χ3v) is 7.65. The third kappa shape index (κ3) is 4.61. The Kier molecular flexibility index (Phi) is 7.16. The normalized spacial score (nSPS) is 12.7. The number of benzene rings is 2. The van der Waals surface area contributed by atoms with Crippen LogP contribution in [-0.4, -0.2) is 41.5 Å². The number of amides is 1. The number of aryl methyl sites for hydroxylation is 1. The Morgan fingerprint density at radius 2 is 1.62 bits per heavy atom. The number of carbonyl (C=O) groups is 1. The molecule has 1 heterocycles. The molecule has 0 aliphatic carbocycles. The predicted octanol–water partition coefficient (Wildman–Crippen LogP) is 4.01. The number of nitrogens with zero attached hydrogens (tertiary/aromatic N) is 3. The number of para-hydroxylation sites is 1. The molecule has 7 nitrogen and oxygen atoms in total. The van der Waals surface area contributed by atoms with Crippen molar-refractivity contribution in [3.05, 3.63) is 77.1 Å². The number of hydrogen-bond donors (Lipinski definition) is 1. The molecule has 0 bridgehead atoms. The monoisotopic (exact) mass is 454 g/mol. The van der Waals surface area contributed by atoms with Gasteiger partial charge in [0.05, 0.1) is 33.6 Å². The van der Waals surface area contributed by atoms with Crippen molar-refractivity contribution in [2.75, 3.05) is 13.1 Å². The Morgan fingerprint density at radius 1 is 1.03 bits per heavy atom. The molecule has 0 fully saturated rings. The summed E-state index contributed by atoms with van der Waals surface area (Å²) in [6, 6.07) is 16.0. The molecule has 3 aromatic rings. The minimum Gasteiger partial charge on any atom is -0.345 e. The van der Waals surface area contributed by atoms with Crippen LogP contribution in [0.2, 0.25) is 0 Å². The van der Waals surface area contributed by atoms with Gasteiger partial charge in [-0.1, -0.05) is 44.2 Å². The molecule has 0 saturated heterocycles. The Bertz CT molecular complexity index is 1180. The van der Waals surface area contributed by atoms with Crippen LogP contribution in [0.5, 0.6) is 0 Å². The van der Waals surface area contributed by atoms with Crippen molar-refractivity contribution in [3.8, 4) is 5.69 Å². The predicted molar refractivity (Wildman–Crippen MR) is 125 cm³/mol. The number of sulfonamides is 1. The van der Waals surface area contributed by atoms with E-state index in [9.17, 15) is 13.2 Å². The molecule has 1 amide bonds. The molecule has 3 rings (SSSR count). The molecule has 8 heteroatoms. The maximum absolute atomic E-state index is 13.0. The molecular weight excluding hydrogens is 424 g/mol. The van der Waals surface area contributed by atoms with Crippen LogP contribution < -0.4 is 5.32 Å². The first-order valence-corrected chi connectivity index (χ1v) is 12.2. The highest BCUT2D eigenvalue weighted by Crippen LogP contribution is 2.22. The van der Waals surface area contributed by atoms with Crippen LogP contribution >= 0.6 is 0 Å². The van der Waals surface area contributed by atoms with Gasteiger partial charge in [0.25, 0.3) is 5.91 Å². The van der Waals surface area contributed by atoms with Crippen molar-refractivity contribution >= 4 is 15.9 Å². The standard InChI is InChI=1S/C24H30N4O3S/c1-6-27(7-2)32(30,31)22-15-13-20(14-16-22)17(3)25-24(29)23-18(4)26-28(19(23)5)21-11-9-8-10-12-21/h8-17H,6-7H2,1-5H3,(H,25,29). The zero-order valence-electron chi connectivity index (χ0n) is 19.2. The maximum Gasteiger partial charge on any atom is 0.255 e. The van der Waals surface area contributed by atoms with Crippen LogP contribution in [0.1, 0.15) is 54.1 Å². The van der Waals surface area contributed by atoms with Crippen LogP contribution in [0.25, 0.3) is 5.69 Å². The minimum absolute atomic E-state index is 0.213. The zero-order chi connectivity index (χ0) is 23.5. The number of nitrogens with one attached hydrogen (secondary N) is 1. The minimum atomic E-state index is -3.51. The van der Waals surface area contributed by atoms with E-state index in [0.29, 0.717) is 24.3 Å². The van der Waals surface area contributed by atoms with E-state index in [0.717, 1.165) is 16.9 Å². The third-order valence-electron chi connectivity index (χ3n) is 5.59. The maximum atomic E-state index is 13.0. The summed E-state index contributed by atoms with van der Waals surface area (Å²) in [6.07, 6.45) is 0. The summed E-state index contributed by atoms with van der Waals surface area (Å²) in [5, 5.41) is 7.55. The fourth-order valence-corrected chi connectivity index (χ4v) is 5.24. The zero-order valence-corrected chi connectivity index (χ0v) is 20.0. The van der Waals surface area contributed by atoms with Gasteiger partial charge in [-0.3, -0.25) is 4.79 Å². The van der Waals surface area contributed by atoms with Gasteiger partial charge in [0.2, 0.25) is 10.0 Å². The van der Waals surface area contributed by atoms with Crippen molar-refractivity contribution in [1.82, 2.24) is 19.4 Å². The van der Waals surface area contributed by atoms with Crippen LogP contribution in [0.4, 0.5) is 0 Å². The van der Waals surface area contributed by atoms with E-state index in [-0.39, 0.29) is 16.8 Å². The summed E-state index contributed by atoms with van der Waals surface area (Å²) in [6.45, 7) is 10.0. The van der Waals surface area contributed by atoms with Gasteiger partial charge in [-0.05, 0) is 50.6 Å². The van der Waals surface area contributed by atoms with Crippen molar-refractivity contribution in [2.45, 2.75) is 45.6 Å². The topological polar surface area (TPSA) is 84.3 Å². The summed E-state index contributed by atoms with van der Waals surface area (Å²) in [4.78, 5) is 13.3. The Balaban J connectivity index is 1.79. The van der Waals surface area contributed by atoms with Gasteiger partial charge in [0.15, 0.2) is 0 Å². The van der Waals surface area contributed by atoms with Crippen molar-refractivity contribution in [1.29, 1.82) is 0 Å². The average Bonchev–Trinajstić information content (AvgIpc) is 3.09. The van der Waals surface area contributed by atoms with Gasteiger partial charge in [-0.25, -0.2) is 13.1 Å². The van der Waals surface area contributed by atoms with E-state index in [1.807, 2.05) is 65.0 Å². The molecule has 1 atom stereocenters. The Hall–Kier alpha value is -2.97. The van der Waals surface area contributed by atoms with Gasteiger partial charge in [0, 0.05) is 13.1 Å². The lowest BCUT2D eigenvalue weighted by molar-refractivity contribution is 0.0938. The summed E-state index contributed by atoms with van der Waals surface area (Å²) < 4.78 is 28.5. The summed E-state index contributed by atoms with van der Waals surface area (Å²) in [5.41, 5.74) is 3.67. The van der Waals surface area contributed by atoms with E-state index < -0.39 is 10.0 Å². The molecule has 2 aromatic carbocycles. The van der Waals surface area contributed by atoms with Gasteiger partial charge in [-0.2, -0.15) is 9.40 Å². The van der Waals surface area contributed by atoms with Crippen molar-refractivity contribution < 1.29 is 13.2 Å². The van der Waals surface area contributed by atoms with E-state index in [4.69, 9.17) is 0 Å². The average molecular weight is 455 g/mol. The highest BCUT2D eigenvalue weighted by atomic mass is 32.2. The number of rotatable bonds is 8. The van der Waals surface area contributed by atoms with Crippen LogP contribution in [-0.2, 0) is 10.0 Å². The highest BCUT2D eigenvalue weighted by molar-refractivity contribution is 7.89. The second-order valence-corrected chi connectivity index (χ2v) is 9.58.